The van der Waals surface area contributed by atoms with E-state index in [4.69, 9.17) is 0 Å². The maximum absolute atomic E-state index is 4.61. The number of hydrogen-bond donors (Lipinski definition) is 0. The van der Waals surface area contributed by atoms with Gasteiger partial charge in [0.25, 0.3) is 0 Å². The molecule has 0 aliphatic carbocycles. The van der Waals surface area contributed by atoms with E-state index in [0.29, 0.717) is 0 Å². The topological polar surface area (TPSA) is 38.9 Å². The van der Waals surface area contributed by atoms with Gasteiger partial charge in [0.05, 0.1) is 0 Å². The van der Waals surface area contributed by atoms with Crippen molar-refractivity contribution in [2.45, 2.75) is 6.42 Å². The smallest absolute Gasteiger partial charge is 0.213 e. The molecule has 2 heterocycles. The highest BCUT2D eigenvalue weighted by Gasteiger charge is 1.99. The molecule has 0 unspecified atom stereocenters. The largest absolute Gasteiger partial charge is 0.343 e. The standard InChI is InChI=1S/C7H6N2OS/c1-2-6(11-3-1)4-7-8-5-10-9-7/h1-3,5H,4H2. The van der Waals surface area contributed by atoms with Crippen molar-refractivity contribution in [2.24, 2.45) is 0 Å². The van der Waals surface area contributed by atoms with E-state index >= 15 is 0 Å². The molecule has 11 heavy (non-hydrogen) atoms. The second kappa shape index (κ2) is 2.84. The van der Waals surface area contributed by atoms with Crippen LogP contribution in [0.3, 0.4) is 0 Å². The van der Waals surface area contributed by atoms with Gasteiger partial charge < -0.3 is 4.52 Å². The summed E-state index contributed by atoms with van der Waals surface area (Å²) < 4.78 is 4.61. The Hall–Kier alpha value is -1.16. The van der Waals surface area contributed by atoms with Gasteiger partial charge in [0, 0.05) is 11.3 Å². The third-order valence-corrected chi connectivity index (χ3v) is 2.20. The first kappa shape index (κ1) is 6.54. The predicted octanol–water partition coefficient (Wildman–Crippen LogP) is 1.72. The highest BCUT2D eigenvalue weighted by Crippen LogP contribution is 2.11. The van der Waals surface area contributed by atoms with E-state index in [1.54, 1.807) is 11.3 Å². The number of rotatable bonds is 2. The lowest BCUT2D eigenvalue weighted by Gasteiger charge is -1.86. The fourth-order valence-corrected chi connectivity index (χ4v) is 1.54. The number of hydrogen-bond acceptors (Lipinski definition) is 4. The lowest BCUT2D eigenvalue weighted by atomic mass is 10.3. The summed E-state index contributed by atoms with van der Waals surface area (Å²) >= 11 is 1.70. The van der Waals surface area contributed by atoms with Crippen molar-refractivity contribution < 1.29 is 4.52 Å². The minimum Gasteiger partial charge on any atom is -0.343 e. The zero-order chi connectivity index (χ0) is 7.52. The second-order valence-electron chi connectivity index (χ2n) is 2.10. The SMILES string of the molecule is c1csc(Cc2ncon2)c1. The maximum atomic E-state index is 4.61. The summed E-state index contributed by atoms with van der Waals surface area (Å²) in [6, 6.07) is 4.07. The van der Waals surface area contributed by atoms with Crippen LogP contribution in [0.15, 0.2) is 28.4 Å². The van der Waals surface area contributed by atoms with Gasteiger partial charge in [-0.1, -0.05) is 11.2 Å². The maximum Gasteiger partial charge on any atom is 0.213 e. The Kier molecular flexibility index (Phi) is 1.69. The quantitative estimate of drug-likeness (QED) is 0.681. The number of thiophene rings is 1. The lowest BCUT2D eigenvalue weighted by Crippen LogP contribution is -1.85. The molecule has 0 fully saturated rings. The third-order valence-electron chi connectivity index (χ3n) is 1.32. The van der Waals surface area contributed by atoms with Crippen LogP contribution in [0.5, 0.6) is 0 Å². The molecule has 0 bridgehead atoms. The summed E-state index contributed by atoms with van der Waals surface area (Å²) in [6.45, 7) is 0. The molecule has 0 N–H and O–H groups in total. The Morgan fingerprint density at radius 2 is 2.55 bits per heavy atom. The summed E-state index contributed by atoms with van der Waals surface area (Å²) in [5.74, 6) is 0.743. The number of nitrogens with zero attached hydrogens (tertiary/aromatic N) is 2. The first-order valence-corrected chi connectivity index (χ1v) is 4.11. The van der Waals surface area contributed by atoms with Crippen molar-refractivity contribution in [1.29, 1.82) is 0 Å². The highest BCUT2D eigenvalue weighted by atomic mass is 32.1. The van der Waals surface area contributed by atoms with E-state index in [-0.39, 0.29) is 0 Å². The monoisotopic (exact) mass is 166 g/mol. The Labute approximate surface area is 67.7 Å². The highest BCUT2D eigenvalue weighted by molar-refractivity contribution is 7.09. The Bertz CT molecular complexity index is 269. The van der Waals surface area contributed by atoms with Gasteiger partial charge in [0.1, 0.15) is 0 Å². The van der Waals surface area contributed by atoms with Crippen molar-refractivity contribution in [3.05, 3.63) is 34.6 Å². The Balaban J connectivity index is 2.14. The fourth-order valence-electron chi connectivity index (χ4n) is 0.839. The molecular weight excluding hydrogens is 160 g/mol. The zero-order valence-corrected chi connectivity index (χ0v) is 6.54. The molecule has 0 atom stereocenters. The molecule has 0 aliphatic rings. The molecule has 2 aromatic heterocycles. The summed E-state index contributed by atoms with van der Waals surface area (Å²) in [4.78, 5) is 5.18. The Morgan fingerprint density at radius 3 is 3.18 bits per heavy atom. The van der Waals surface area contributed by atoms with Crippen molar-refractivity contribution >= 4 is 11.3 Å². The second-order valence-corrected chi connectivity index (χ2v) is 3.14. The van der Waals surface area contributed by atoms with E-state index in [9.17, 15) is 0 Å². The normalized spacial score (nSPS) is 10.2. The minimum absolute atomic E-state index is 0.743. The van der Waals surface area contributed by atoms with Crippen LogP contribution in [0.2, 0.25) is 0 Å². The summed E-state index contributed by atoms with van der Waals surface area (Å²) in [6.07, 6.45) is 2.12. The summed E-state index contributed by atoms with van der Waals surface area (Å²) in [7, 11) is 0. The van der Waals surface area contributed by atoms with Crippen LogP contribution in [-0.4, -0.2) is 10.1 Å². The molecule has 56 valence electrons. The van der Waals surface area contributed by atoms with E-state index in [1.807, 2.05) is 11.4 Å². The average molecular weight is 166 g/mol. The van der Waals surface area contributed by atoms with Gasteiger partial charge in [-0.25, -0.2) is 0 Å². The molecular formula is C7H6N2OS. The van der Waals surface area contributed by atoms with Gasteiger partial charge in [-0.15, -0.1) is 11.3 Å². The van der Waals surface area contributed by atoms with Crippen molar-refractivity contribution in [2.75, 3.05) is 0 Å². The first-order chi connectivity index (χ1) is 5.45. The van der Waals surface area contributed by atoms with Crippen LogP contribution in [0, 0.1) is 0 Å². The molecule has 0 saturated heterocycles. The molecule has 0 aromatic carbocycles. The molecule has 0 aliphatic heterocycles. The van der Waals surface area contributed by atoms with Gasteiger partial charge in [0.2, 0.25) is 6.39 Å². The third kappa shape index (κ3) is 1.46. The predicted molar refractivity (Wildman–Crippen MR) is 41.4 cm³/mol. The zero-order valence-electron chi connectivity index (χ0n) is 5.73. The van der Waals surface area contributed by atoms with Crippen molar-refractivity contribution in [1.82, 2.24) is 10.1 Å². The minimum atomic E-state index is 0.743. The average Bonchev–Trinajstić information content (AvgIpc) is 2.60. The van der Waals surface area contributed by atoms with Gasteiger partial charge >= 0.3 is 0 Å². The van der Waals surface area contributed by atoms with Crippen molar-refractivity contribution in [3.8, 4) is 0 Å². The van der Waals surface area contributed by atoms with Crippen LogP contribution in [0.25, 0.3) is 0 Å². The van der Waals surface area contributed by atoms with Gasteiger partial charge in [0.15, 0.2) is 5.82 Å². The first-order valence-electron chi connectivity index (χ1n) is 3.23. The number of aromatic nitrogens is 2. The van der Waals surface area contributed by atoms with E-state index in [0.717, 1.165) is 12.2 Å². The van der Waals surface area contributed by atoms with Gasteiger partial charge in [-0.3, -0.25) is 0 Å². The summed E-state index contributed by atoms with van der Waals surface area (Å²) in [5, 5.41) is 5.75. The Morgan fingerprint density at radius 1 is 1.55 bits per heavy atom. The molecule has 0 radical (unpaired) electrons. The van der Waals surface area contributed by atoms with E-state index in [1.165, 1.54) is 11.3 Å². The summed E-state index contributed by atoms with van der Waals surface area (Å²) in [5.41, 5.74) is 0. The van der Waals surface area contributed by atoms with E-state index < -0.39 is 0 Å². The molecule has 0 spiro atoms. The lowest BCUT2D eigenvalue weighted by molar-refractivity contribution is 0.411. The van der Waals surface area contributed by atoms with Crippen LogP contribution in [0.4, 0.5) is 0 Å². The molecule has 0 amide bonds. The molecule has 2 rings (SSSR count). The van der Waals surface area contributed by atoms with Crippen LogP contribution in [0.1, 0.15) is 10.7 Å². The fraction of sp³-hybridized carbons (Fsp3) is 0.143. The van der Waals surface area contributed by atoms with Crippen LogP contribution >= 0.6 is 11.3 Å². The van der Waals surface area contributed by atoms with Crippen molar-refractivity contribution in [3.63, 3.8) is 0 Å². The molecule has 3 nitrogen and oxygen atoms in total. The van der Waals surface area contributed by atoms with Gasteiger partial charge in [-0.05, 0) is 11.4 Å². The molecule has 0 saturated carbocycles. The van der Waals surface area contributed by atoms with Crippen LogP contribution < -0.4 is 0 Å². The molecule has 4 heteroatoms. The van der Waals surface area contributed by atoms with Gasteiger partial charge in [-0.2, -0.15) is 4.98 Å². The molecule has 2 aromatic rings. The van der Waals surface area contributed by atoms with Crippen LogP contribution in [-0.2, 0) is 6.42 Å². The van der Waals surface area contributed by atoms with E-state index in [2.05, 4.69) is 20.7 Å².